The van der Waals surface area contributed by atoms with Gasteiger partial charge in [0.1, 0.15) is 12.4 Å². The normalized spacial score (nSPS) is 10.4. The lowest BCUT2D eigenvalue weighted by molar-refractivity contribution is 0.306. The highest BCUT2D eigenvalue weighted by Gasteiger charge is 1.97. The molecule has 0 fully saturated rings. The number of rotatable bonds is 6. The first-order chi connectivity index (χ1) is 9.28. The molecule has 1 N–H and O–H groups in total. The quantitative estimate of drug-likeness (QED) is 0.864. The Morgan fingerprint density at radius 2 is 1.58 bits per heavy atom. The first-order valence-corrected chi connectivity index (χ1v) is 6.62. The summed E-state index contributed by atoms with van der Waals surface area (Å²) in [6.45, 7) is 5.86. The van der Waals surface area contributed by atoms with Crippen molar-refractivity contribution in [3.05, 3.63) is 71.6 Å². The molecule has 2 nitrogen and oxygen atoms in total. The lowest BCUT2D eigenvalue weighted by atomic mass is 10.2. The van der Waals surface area contributed by atoms with Crippen LogP contribution in [-0.4, -0.2) is 6.54 Å². The Morgan fingerprint density at radius 3 is 2.21 bits per heavy atom. The van der Waals surface area contributed by atoms with Crippen LogP contribution in [0, 0.1) is 6.92 Å². The van der Waals surface area contributed by atoms with Crippen molar-refractivity contribution in [3.8, 4) is 5.75 Å². The summed E-state index contributed by atoms with van der Waals surface area (Å²) in [4.78, 5) is 0. The summed E-state index contributed by atoms with van der Waals surface area (Å²) >= 11 is 5.84. The van der Waals surface area contributed by atoms with Crippen molar-refractivity contribution in [3.63, 3.8) is 0 Å². The van der Waals surface area contributed by atoms with Crippen LogP contribution in [0.1, 0.15) is 11.1 Å². The van der Waals surface area contributed by atoms with Gasteiger partial charge in [-0.25, -0.2) is 0 Å². The monoisotopic (exact) mass is 274 g/mol. The molecule has 2 aromatic carbocycles. The van der Waals surface area contributed by atoms with Crippen molar-refractivity contribution in [1.82, 2.24) is 5.32 Å². The number of benzene rings is 2. The molecule has 0 bridgehead atoms. The number of halogens is 1. The molecular formula is C16H17ClNO. The van der Waals surface area contributed by atoms with E-state index in [0.29, 0.717) is 6.61 Å². The second-order valence-corrected chi connectivity index (χ2v) is 4.67. The lowest BCUT2D eigenvalue weighted by Crippen LogP contribution is -2.11. The summed E-state index contributed by atoms with van der Waals surface area (Å²) in [5, 5.41) is 3.92. The van der Waals surface area contributed by atoms with Gasteiger partial charge in [-0.3, -0.25) is 0 Å². The molecule has 0 amide bonds. The molecule has 0 aliphatic carbocycles. The molecule has 0 aliphatic rings. The summed E-state index contributed by atoms with van der Waals surface area (Å²) in [6, 6.07) is 15.7. The van der Waals surface area contributed by atoms with Gasteiger partial charge in [-0.15, -0.1) is 0 Å². The highest BCUT2D eigenvalue weighted by Crippen LogP contribution is 2.15. The molecule has 0 spiro atoms. The Balaban J connectivity index is 1.87. The van der Waals surface area contributed by atoms with E-state index in [1.807, 2.05) is 36.4 Å². The van der Waals surface area contributed by atoms with E-state index in [2.05, 4.69) is 24.4 Å². The van der Waals surface area contributed by atoms with Gasteiger partial charge in [-0.2, -0.15) is 0 Å². The van der Waals surface area contributed by atoms with E-state index in [1.165, 1.54) is 5.56 Å². The molecule has 99 valence electrons. The first-order valence-electron chi connectivity index (χ1n) is 6.24. The van der Waals surface area contributed by atoms with E-state index < -0.39 is 0 Å². The minimum Gasteiger partial charge on any atom is -0.489 e. The fourth-order valence-electron chi connectivity index (χ4n) is 1.68. The summed E-state index contributed by atoms with van der Waals surface area (Å²) in [5.41, 5.74) is 2.33. The van der Waals surface area contributed by atoms with Gasteiger partial charge in [-0.1, -0.05) is 35.9 Å². The third kappa shape index (κ3) is 4.58. The van der Waals surface area contributed by atoms with Gasteiger partial charge in [0.2, 0.25) is 0 Å². The molecule has 2 rings (SSSR count). The van der Waals surface area contributed by atoms with Gasteiger partial charge in [0.15, 0.2) is 0 Å². The van der Waals surface area contributed by atoms with Gasteiger partial charge in [0.05, 0.1) is 0 Å². The molecule has 2 aromatic rings. The molecule has 0 saturated heterocycles. The molecule has 0 aliphatic heterocycles. The Labute approximate surface area is 119 Å². The smallest absolute Gasteiger partial charge is 0.119 e. The van der Waals surface area contributed by atoms with Crippen LogP contribution in [0.4, 0.5) is 0 Å². The standard InChI is InChI=1S/C16H17ClNO/c1-2-18-11-13-5-9-16(10-6-13)19-12-14-3-7-15(17)8-4-14/h3-10,18H,1-2,11-12H2. The van der Waals surface area contributed by atoms with Crippen molar-refractivity contribution in [2.45, 2.75) is 13.2 Å². The fourth-order valence-corrected chi connectivity index (χ4v) is 1.81. The van der Waals surface area contributed by atoms with Crippen LogP contribution in [0.3, 0.4) is 0 Å². The molecule has 0 saturated carbocycles. The molecule has 1 radical (unpaired) electrons. The zero-order valence-corrected chi connectivity index (χ0v) is 11.5. The Bertz CT molecular complexity index is 493. The maximum Gasteiger partial charge on any atom is 0.119 e. The highest BCUT2D eigenvalue weighted by atomic mass is 35.5. The SMILES string of the molecule is [CH2]CNCc1ccc(OCc2ccc(Cl)cc2)cc1. The molecule has 3 heteroatoms. The van der Waals surface area contributed by atoms with Gasteiger partial charge < -0.3 is 10.1 Å². The van der Waals surface area contributed by atoms with E-state index in [-0.39, 0.29) is 0 Å². The maximum absolute atomic E-state index is 5.84. The Morgan fingerprint density at radius 1 is 0.947 bits per heavy atom. The van der Waals surface area contributed by atoms with Crippen LogP contribution >= 0.6 is 11.6 Å². The fraction of sp³-hybridized carbons (Fsp3) is 0.188. The average Bonchev–Trinajstić information content (AvgIpc) is 2.46. The summed E-state index contributed by atoms with van der Waals surface area (Å²) < 4.78 is 5.72. The second-order valence-electron chi connectivity index (χ2n) is 4.24. The van der Waals surface area contributed by atoms with Crippen LogP contribution in [0.2, 0.25) is 5.02 Å². The first kappa shape index (κ1) is 13.9. The van der Waals surface area contributed by atoms with Crippen molar-refractivity contribution >= 4 is 11.6 Å². The van der Waals surface area contributed by atoms with Gasteiger partial charge in [-0.05, 0) is 48.9 Å². The number of hydrogen-bond acceptors (Lipinski definition) is 2. The minimum absolute atomic E-state index is 0.549. The predicted octanol–water partition coefficient (Wildman–Crippen LogP) is 3.84. The van der Waals surface area contributed by atoms with Crippen LogP contribution in [0.15, 0.2) is 48.5 Å². The zero-order valence-electron chi connectivity index (χ0n) is 10.7. The largest absolute Gasteiger partial charge is 0.489 e. The Kier molecular flexibility index (Phi) is 5.25. The lowest BCUT2D eigenvalue weighted by Gasteiger charge is -2.08. The molecule has 0 atom stereocenters. The van der Waals surface area contributed by atoms with Crippen LogP contribution in [0.5, 0.6) is 5.75 Å². The van der Waals surface area contributed by atoms with Gasteiger partial charge in [0, 0.05) is 11.6 Å². The number of ether oxygens (including phenoxy) is 1. The van der Waals surface area contributed by atoms with E-state index in [0.717, 1.165) is 29.4 Å². The summed E-state index contributed by atoms with van der Waals surface area (Å²) in [5.74, 6) is 0.869. The molecule has 0 heterocycles. The van der Waals surface area contributed by atoms with Gasteiger partial charge in [0.25, 0.3) is 0 Å². The summed E-state index contributed by atoms with van der Waals surface area (Å²) in [7, 11) is 0. The van der Waals surface area contributed by atoms with Crippen LogP contribution in [-0.2, 0) is 13.2 Å². The van der Waals surface area contributed by atoms with Crippen molar-refractivity contribution in [1.29, 1.82) is 0 Å². The predicted molar refractivity (Wildman–Crippen MR) is 79.3 cm³/mol. The van der Waals surface area contributed by atoms with Crippen molar-refractivity contribution in [2.75, 3.05) is 6.54 Å². The Hall–Kier alpha value is -1.51. The van der Waals surface area contributed by atoms with Crippen LogP contribution < -0.4 is 10.1 Å². The number of hydrogen-bond donors (Lipinski definition) is 1. The van der Waals surface area contributed by atoms with Gasteiger partial charge >= 0.3 is 0 Å². The molecular weight excluding hydrogens is 258 g/mol. The van der Waals surface area contributed by atoms with E-state index in [4.69, 9.17) is 16.3 Å². The van der Waals surface area contributed by atoms with E-state index in [1.54, 1.807) is 0 Å². The van der Waals surface area contributed by atoms with Crippen molar-refractivity contribution in [2.24, 2.45) is 0 Å². The van der Waals surface area contributed by atoms with Crippen molar-refractivity contribution < 1.29 is 4.74 Å². The average molecular weight is 275 g/mol. The highest BCUT2D eigenvalue weighted by molar-refractivity contribution is 6.30. The number of nitrogens with one attached hydrogen (secondary N) is 1. The molecule has 0 unspecified atom stereocenters. The maximum atomic E-state index is 5.84. The third-order valence-corrected chi connectivity index (χ3v) is 3.00. The van der Waals surface area contributed by atoms with E-state index >= 15 is 0 Å². The zero-order chi connectivity index (χ0) is 13.5. The molecule has 19 heavy (non-hydrogen) atoms. The van der Waals surface area contributed by atoms with E-state index in [9.17, 15) is 0 Å². The topological polar surface area (TPSA) is 21.3 Å². The summed E-state index contributed by atoms with van der Waals surface area (Å²) in [6.07, 6.45) is 0. The second kappa shape index (κ2) is 7.17. The van der Waals surface area contributed by atoms with Crippen LogP contribution in [0.25, 0.3) is 0 Å². The third-order valence-electron chi connectivity index (χ3n) is 2.75. The minimum atomic E-state index is 0.549. The molecule has 0 aromatic heterocycles.